The zero-order chi connectivity index (χ0) is 37.9. The first-order chi connectivity index (χ1) is 25.5. The smallest absolute Gasteiger partial charge is 0.413 e. The molecular weight excluding hydrogens is 708 g/mol. The van der Waals surface area contributed by atoms with Crippen LogP contribution < -0.4 is 10.6 Å². The number of benzene rings is 3. The van der Waals surface area contributed by atoms with E-state index in [1.807, 2.05) is 18.2 Å². The number of anilines is 1. The number of hydrogen-bond acceptors (Lipinski definition) is 13. The fraction of sp³-hybridized carbons (Fsp3) is 0.270. The molecule has 53 heavy (non-hydrogen) atoms. The molecule has 0 bridgehead atoms. The number of ether oxygens (including phenoxy) is 6. The molecule has 276 valence electrons. The monoisotopic (exact) mass is 744 g/mol. The minimum atomic E-state index is -1.34. The number of carbonyl (C=O) groups excluding carboxylic acids is 5. The molecule has 0 saturated carbocycles. The second-order valence-electron chi connectivity index (χ2n) is 11.6. The molecule has 1 aromatic heterocycles. The summed E-state index contributed by atoms with van der Waals surface area (Å²) >= 11 is 5.43. The van der Waals surface area contributed by atoms with Crippen LogP contribution in [-0.2, 0) is 49.4 Å². The molecule has 0 aliphatic carbocycles. The van der Waals surface area contributed by atoms with Crippen molar-refractivity contribution in [2.45, 2.75) is 58.0 Å². The van der Waals surface area contributed by atoms with E-state index in [1.165, 1.54) is 17.8 Å². The zero-order valence-electron chi connectivity index (χ0n) is 28.8. The van der Waals surface area contributed by atoms with Crippen molar-refractivity contribution in [1.82, 2.24) is 14.9 Å². The Balaban J connectivity index is 1.50. The summed E-state index contributed by atoms with van der Waals surface area (Å²) in [5, 5.41) is 4.89. The summed E-state index contributed by atoms with van der Waals surface area (Å²) in [6.07, 6.45) is -5.64. The van der Waals surface area contributed by atoms with Crippen molar-refractivity contribution < 1.29 is 52.4 Å². The highest BCUT2D eigenvalue weighted by Crippen LogP contribution is 2.38. The van der Waals surface area contributed by atoms with Crippen LogP contribution in [0.15, 0.2) is 97.3 Å². The Bertz CT molecular complexity index is 1890. The zero-order valence-corrected chi connectivity index (χ0v) is 29.6. The van der Waals surface area contributed by atoms with Gasteiger partial charge >= 0.3 is 30.0 Å². The molecule has 1 fully saturated rings. The van der Waals surface area contributed by atoms with Crippen molar-refractivity contribution in [3.63, 3.8) is 0 Å². The van der Waals surface area contributed by atoms with Crippen LogP contribution in [0.4, 0.5) is 10.6 Å². The minimum absolute atomic E-state index is 0.0492. The van der Waals surface area contributed by atoms with E-state index >= 15 is 0 Å². The summed E-state index contributed by atoms with van der Waals surface area (Å²) in [4.78, 5) is 67.3. The number of amides is 1. The van der Waals surface area contributed by atoms with Crippen LogP contribution >= 0.6 is 12.2 Å². The molecule has 1 aliphatic rings. The second-order valence-corrected chi connectivity index (χ2v) is 12.0. The maximum Gasteiger partial charge on any atom is 0.413 e. The molecule has 0 spiro atoms. The number of nitrogens with one attached hydrogen (secondary N) is 2. The predicted molar refractivity (Wildman–Crippen MR) is 190 cm³/mol. The quantitative estimate of drug-likeness (QED) is 0.115. The van der Waals surface area contributed by atoms with Gasteiger partial charge in [-0.15, -0.1) is 0 Å². The van der Waals surface area contributed by atoms with Crippen molar-refractivity contribution >= 4 is 53.1 Å². The molecule has 1 saturated heterocycles. The van der Waals surface area contributed by atoms with Crippen LogP contribution in [0.25, 0.3) is 0 Å². The minimum Gasteiger partial charge on any atom is -0.463 e. The van der Waals surface area contributed by atoms with Gasteiger partial charge in [0.15, 0.2) is 35.3 Å². The van der Waals surface area contributed by atoms with Gasteiger partial charge in [-0.05, 0) is 28.9 Å². The first-order valence-electron chi connectivity index (χ1n) is 16.3. The Morgan fingerprint density at radius 1 is 0.792 bits per heavy atom. The van der Waals surface area contributed by atoms with Crippen molar-refractivity contribution in [3.05, 3.63) is 120 Å². The molecular formula is C37H36N4O11S. The van der Waals surface area contributed by atoms with Gasteiger partial charge in [-0.1, -0.05) is 91.0 Å². The molecule has 0 unspecified atom stereocenters. The molecule has 15 nitrogen and oxygen atoms in total. The first-order valence-corrected chi connectivity index (χ1v) is 16.7. The first kappa shape index (κ1) is 38.1. The number of alkyl carbamates (subject to hydrolysis) is 1. The Morgan fingerprint density at radius 2 is 1.36 bits per heavy atom. The van der Waals surface area contributed by atoms with Gasteiger partial charge in [0.25, 0.3) is 0 Å². The largest absolute Gasteiger partial charge is 0.463 e. The van der Waals surface area contributed by atoms with Gasteiger partial charge in [-0.3, -0.25) is 24.3 Å². The number of nitrogens with zero attached hydrogens (tertiary/aromatic N) is 2. The van der Waals surface area contributed by atoms with Gasteiger partial charge in [0.1, 0.15) is 25.1 Å². The SMILES string of the molecule is CC(=O)OC[C@H]1O[C@@H](n2cnc(C(=O)OC(c3ccccc3)c3ccccc3)c2NC(=S)NC(=O)OCc2ccccc2)[C@H](OC(C)=O)[C@@H]1OC(C)=O. The van der Waals surface area contributed by atoms with Crippen molar-refractivity contribution in [2.75, 3.05) is 11.9 Å². The van der Waals surface area contributed by atoms with Gasteiger partial charge in [-0.25, -0.2) is 14.6 Å². The van der Waals surface area contributed by atoms with E-state index in [2.05, 4.69) is 15.6 Å². The van der Waals surface area contributed by atoms with Crippen LogP contribution in [0.5, 0.6) is 0 Å². The lowest BCUT2D eigenvalue weighted by Gasteiger charge is -2.25. The third-order valence-corrected chi connectivity index (χ3v) is 7.90. The highest BCUT2D eigenvalue weighted by Gasteiger charge is 2.51. The number of hydrogen-bond donors (Lipinski definition) is 2. The van der Waals surface area contributed by atoms with Crippen LogP contribution in [0.3, 0.4) is 0 Å². The average molecular weight is 745 g/mol. The number of imidazole rings is 1. The lowest BCUT2D eigenvalue weighted by atomic mass is 10.0. The third kappa shape index (κ3) is 10.2. The van der Waals surface area contributed by atoms with Gasteiger partial charge in [0.05, 0.1) is 6.33 Å². The average Bonchev–Trinajstić information content (AvgIpc) is 3.69. The molecule has 2 N–H and O–H groups in total. The Hall–Kier alpha value is -6.13. The number of thiocarbonyl (C=S) groups is 1. The Kier molecular flexibility index (Phi) is 12.9. The highest BCUT2D eigenvalue weighted by atomic mass is 32.1. The van der Waals surface area contributed by atoms with Crippen LogP contribution in [0, 0.1) is 0 Å². The standard InChI is InChI=1S/C37H36N4O11S/c1-22(42)47-20-28-31(49-23(2)43)32(50-24(3)44)34(51-28)41-21-38-29(33(41)39-36(53)40-37(46)48-19-25-13-7-4-8-14-25)35(45)52-30(26-15-9-5-10-16-26)27-17-11-6-12-18-27/h4-18,21,28,30-32,34H,19-20H2,1-3H3,(H2,39,40,46,53)/t28-,31-,32-,34-/m1/s1. The molecule has 3 aromatic carbocycles. The van der Waals surface area contributed by atoms with E-state index in [-0.39, 0.29) is 29.8 Å². The molecule has 4 atom stereocenters. The second kappa shape index (κ2) is 17.9. The maximum atomic E-state index is 14.1. The van der Waals surface area contributed by atoms with Gasteiger partial charge in [0.2, 0.25) is 0 Å². The van der Waals surface area contributed by atoms with E-state index in [9.17, 15) is 24.0 Å². The lowest BCUT2D eigenvalue weighted by molar-refractivity contribution is -0.166. The molecule has 1 amide bonds. The third-order valence-electron chi connectivity index (χ3n) is 7.69. The van der Waals surface area contributed by atoms with Gasteiger partial charge in [-0.2, -0.15) is 0 Å². The van der Waals surface area contributed by atoms with Crippen molar-refractivity contribution in [2.24, 2.45) is 0 Å². The van der Waals surface area contributed by atoms with Crippen LogP contribution in [0.1, 0.15) is 60.3 Å². The van der Waals surface area contributed by atoms with E-state index in [4.69, 9.17) is 40.6 Å². The van der Waals surface area contributed by atoms with Crippen LogP contribution in [0.2, 0.25) is 0 Å². The predicted octanol–water partition coefficient (Wildman–Crippen LogP) is 4.78. The fourth-order valence-corrected chi connectivity index (χ4v) is 5.66. The lowest BCUT2D eigenvalue weighted by Crippen LogP contribution is -2.41. The van der Waals surface area contributed by atoms with Gasteiger partial charge < -0.3 is 33.7 Å². The van der Waals surface area contributed by atoms with Crippen LogP contribution in [-0.4, -0.2) is 69.6 Å². The normalized spacial score (nSPS) is 17.7. The summed E-state index contributed by atoms with van der Waals surface area (Å²) in [5.74, 6) is -3.19. The van der Waals surface area contributed by atoms with Gasteiger partial charge in [0, 0.05) is 20.8 Å². The molecule has 4 aromatic rings. The fourth-order valence-electron chi connectivity index (χ4n) is 5.48. The Morgan fingerprint density at radius 3 is 1.92 bits per heavy atom. The number of esters is 4. The maximum absolute atomic E-state index is 14.1. The van der Waals surface area contributed by atoms with E-state index in [1.54, 1.807) is 72.8 Å². The number of carbonyl (C=O) groups is 5. The molecule has 0 radical (unpaired) electrons. The summed E-state index contributed by atoms with van der Waals surface area (Å²) in [5.41, 5.74) is 1.77. The Labute approximate surface area is 309 Å². The molecule has 1 aliphatic heterocycles. The van der Waals surface area contributed by atoms with E-state index < -0.39 is 60.6 Å². The molecule has 2 heterocycles. The van der Waals surface area contributed by atoms with Crippen molar-refractivity contribution in [1.29, 1.82) is 0 Å². The number of rotatable bonds is 12. The summed E-state index contributed by atoms with van der Waals surface area (Å²) in [7, 11) is 0. The molecule has 16 heteroatoms. The van der Waals surface area contributed by atoms with E-state index in [0.717, 1.165) is 19.4 Å². The summed E-state index contributed by atoms with van der Waals surface area (Å²) in [6, 6.07) is 27.1. The molecule has 5 rings (SSSR count). The summed E-state index contributed by atoms with van der Waals surface area (Å²) < 4.78 is 35.0. The van der Waals surface area contributed by atoms with Crippen molar-refractivity contribution in [3.8, 4) is 0 Å². The topological polar surface area (TPSA) is 183 Å². The van der Waals surface area contributed by atoms with E-state index in [0.29, 0.717) is 11.1 Å². The summed E-state index contributed by atoms with van der Waals surface area (Å²) in [6.45, 7) is 3.05. The number of aromatic nitrogens is 2. The highest BCUT2D eigenvalue weighted by molar-refractivity contribution is 7.80.